The number of rotatable bonds is 6. The van der Waals surface area contributed by atoms with Gasteiger partial charge in [-0.3, -0.25) is 4.79 Å². The number of nitrogens with zero attached hydrogens (tertiary/aromatic N) is 4. The molecule has 0 saturated carbocycles. The molecule has 0 radical (unpaired) electrons. The van der Waals surface area contributed by atoms with E-state index >= 15 is 0 Å². The highest BCUT2D eigenvalue weighted by Gasteiger charge is 2.48. The Balaban J connectivity index is 1.41. The first kappa shape index (κ1) is 18.0. The summed E-state index contributed by atoms with van der Waals surface area (Å²) in [5, 5.41) is 0. The lowest BCUT2D eigenvalue weighted by Gasteiger charge is -2.53. The standard InChI is InChI=1S/C17H25FN4O3/c1-21(2)15(23)10-24-5-3-13-4-6-25-17(7-13)11-22(12-17)16-19-8-14(18)9-20-16/h8-9,13H,3-7,10-12H2,1-2H3. The van der Waals surface area contributed by atoms with Crippen molar-refractivity contribution >= 4 is 11.9 Å². The molecule has 0 aliphatic carbocycles. The van der Waals surface area contributed by atoms with Crippen LogP contribution in [0.15, 0.2) is 12.4 Å². The van der Waals surface area contributed by atoms with Crippen molar-refractivity contribution in [3.63, 3.8) is 0 Å². The number of halogens is 1. The van der Waals surface area contributed by atoms with Crippen LogP contribution in [0.4, 0.5) is 10.3 Å². The average Bonchev–Trinajstić information content (AvgIpc) is 2.57. The van der Waals surface area contributed by atoms with E-state index in [-0.39, 0.29) is 18.1 Å². The minimum atomic E-state index is -0.430. The molecule has 1 aromatic heterocycles. The van der Waals surface area contributed by atoms with Crippen LogP contribution >= 0.6 is 0 Å². The predicted molar refractivity (Wildman–Crippen MR) is 89.7 cm³/mol. The maximum atomic E-state index is 12.9. The first-order valence-corrected chi connectivity index (χ1v) is 8.62. The largest absolute Gasteiger partial charge is 0.372 e. The van der Waals surface area contributed by atoms with E-state index in [2.05, 4.69) is 9.97 Å². The number of ether oxygens (including phenoxy) is 2. The highest BCUT2D eigenvalue weighted by atomic mass is 19.1. The van der Waals surface area contributed by atoms with Crippen molar-refractivity contribution in [3.8, 4) is 0 Å². The van der Waals surface area contributed by atoms with E-state index in [1.165, 1.54) is 17.3 Å². The Kier molecular flexibility index (Phi) is 5.48. The number of likely N-dealkylation sites (N-methyl/N-ethyl adjacent to an activating group) is 1. The first-order chi connectivity index (χ1) is 12.0. The number of aromatic nitrogens is 2. The number of anilines is 1. The van der Waals surface area contributed by atoms with Gasteiger partial charge in [0.15, 0.2) is 5.82 Å². The van der Waals surface area contributed by atoms with Gasteiger partial charge in [0.2, 0.25) is 11.9 Å². The van der Waals surface area contributed by atoms with Crippen LogP contribution in [0.2, 0.25) is 0 Å². The van der Waals surface area contributed by atoms with E-state index in [9.17, 15) is 9.18 Å². The van der Waals surface area contributed by atoms with Gasteiger partial charge < -0.3 is 19.3 Å². The number of hydrogen-bond donors (Lipinski definition) is 0. The molecule has 2 fully saturated rings. The van der Waals surface area contributed by atoms with E-state index < -0.39 is 5.82 Å². The Morgan fingerprint density at radius 1 is 1.44 bits per heavy atom. The summed E-state index contributed by atoms with van der Waals surface area (Å²) in [4.78, 5) is 23.1. The molecule has 2 aliphatic heterocycles. The van der Waals surface area contributed by atoms with Crippen LogP contribution in [-0.2, 0) is 14.3 Å². The van der Waals surface area contributed by atoms with Crippen molar-refractivity contribution in [2.24, 2.45) is 5.92 Å². The molecule has 0 bridgehead atoms. The van der Waals surface area contributed by atoms with E-state index in [0.717, 1.165) is 39.0 Å². The molecule has 138 valence electrons. The zero-order valence-electron chi connectivity index (χ0n) is 14.8. The topological polar surface area (TPSA) is 67.8 Å². The summed E-state index contributed by atoms with van der Waals surface area (Å²) in [5.74, 6) is 0.626. The predicted octanol–water partition coefficient (Wildman–Crippen LogP) is 1.10. The Morgan fingerprint density at radius 3 is 2.84 bits per heavy atom. The molecule has 2 aliphatic rings. The van der Waals surface area contributed by atoms with E-state index in [1.54, 1.807) is 14.1 Å². The van der Waals surface area contributed by atoms with E-state index in [4.69, 9.17) is 9.47 Å². The Hall–Kier alpha value is -1.80. The summed E-state index contributed by atoms with van der Waals surface area (Å²) in [6.45, 7) is 2.92. The van der Waals surface area contributed by atoms with Gasteiger partial charge in [0.1, 0.15) is 12.2 Å². The van der Waals surface area contributed by atoms with Gasteiger partial charge in [0.05, 0.1) is 25.5 Å². The molecule has 1 atom stereocenters. The lowest BCUT2D eigenvalue weighted by Crippen LogP contribution is -2.66. The fourth-order valence-corrected chi connectivity index (χ4v) is 3.39. The number of carbonyl (C=O) groups excluding carboxylic acids is 1. The summed E-state index contributed by atoms with van der Waals surface area (Å²) in [6.07, 6.45) is 5.28. The van der Waals surface area contributed by atoms with Crippen molar-refractivity contribution in [1.29, 1.82) is 0 Å². The smallest absolute Gasteiger partial charge is 0.248 e. The normalized spacial score (nSPS) is 21.9. The van der Waals surface area contributed by atoms with Gasteiger partial charge in [0.25, 0.3) is 0 Å². The summed E-state index contributed by atoms with van der Waals surface area (Å²) < 4.78 is 24.4. The van der Waals surface area contributed by atoms with Gasteiger partial charge in [-0.15, -0.1) is 0 Å². The van der Waals surface area contributed by atoms with Crippen LogP contribution in [0.1, 0.15) is 19.3 Å². The number of carbonyl (C=O) groups is 1. The van der Waals surface area contributed by atoms with Crippen LogP contribution in [0.5, 0.6) is 0 Å². The van der Waals surface area contributed by atoms with Gasteiger partial charge in [0, 0.05) is 27.3 Å². The molecule has 0 aromatic carbocycles. The monoisotopic (exact) mass is 352 g/mol. The molecule has 1 aromatic rings. The Morgan fingerprint density at radius 2 is 2.16 bits per heavy atom. The molecular formula is C17H25FN4O3. The summed E-state index contributed by atoms with van der Waals surface area (Å²) in [7, 11) is 3.45. The first-order valence-electron chi connectivity index (χ1n) is 8.62. The zero-order chi connectivity index (χ0) is 17.9. The second-order valence-electron chi connectivity index (χ2n) is 7.08. The fraction of sp³-hybridized carbons (Fsp3) is 0.706. The molecule has 1 spiro atoms. The quantitative estimate of drug-likeness (QED) is 0.714. The van der Waals surface area contributed by atoms with Crippen LogP contribution in [0.25, 0.3) is 0 Å². The highest BCUT2D eigenvalue weighted by Crippen LogP contribution is 2.39. The maximum Gasteiger partial charge on any atom is 0.248 e. The van der Waals surface area contributed by atoms with Crippen molar-refractivity contribution in [2.45, 2.75) is 24.9 Å². The molecule has 1 unspecified atom stereocenters. The maximum absolute atomic E-state index is 12.9. The number of amides is 1. The van der Waals surface area contributed by atoms with E-state index in [1.807, 2.05) is 4.90 Å². The SMILES string of the molecule is CN(C)C(=O)COCCC1CCOC2(C1)CN(c1ncc(F)cn1)C2. The third kappa shape index (κ3) is 4.43. The minimum absolute atomic E-state index is 0.0163. The Bertz CT molecular complexity index is 590. The third-order valence-corrected chi connectivity index (χ3v) is 4.84. The highest BCUT2D eigenvalue weighted by molar-refractivity contribution is 5.76. The molecule has 7 nitrogen and oxygen atoms in total. The van der Waals surface area contributed by atoms with Crippen LogP contribution in [0, 0.1) is 11.7 Å². The molecule has 8 heteroatoms. The molecule has 3 rings (SSSR count). The second-order valence-corrected chi connectivity index (χ2v) is 7.08. The number of hydrogen-bond acceptors (Lipinski definition) is 6. The van der Waals surface area contributed by atoms with Gasteiger partial charge in [-0.05, 0) is 25.2 Å². The van der Waals surface area contributed by atoms with Crippen molar-refractivity contribution in [3.05, 3.63) is 18.2 Å². The molecule has 1 amide bonds. The lowest BCUT2D eigenvalue weighted by molar-refractivity contribution is -0.134. The van der Waals surface area contributed by atoms with Crippen molar-refractivity contribution in [2.75, 3.05) is 51.9 Å². The molecule has 2 saturated heterocycles. The Labute approximate surface area is 147 Å². The van der Waals surface area contributed by atoms with Gasteiger partial charge in [-0.2, -0.15) is 0 Å². The van der Waals surface area contributed by atoms with Crippen molar-refractivity contribution < 1.29 is 18.7 Å². The van der Waals surface area contributed by atoms with Crippen molar-refractivity contribution in [1.82, 2.24) is 14.9 Å². The fourth-order valence-electron chi connectivity index (χ4n) is 3.39. The molecular weight excluding hydrogens is 327 g/mol. The lowest BCUT2D eigenvalue weighted by atomic mass is 9.79. The van der Waals surface area contributed by atoms with Crippen LogP contribution in [0.3, 0.4) is 0 Å². The molecule has 0 N–H and O–H groups in total. The van der Waals surface area contributed by atoms with Gasteiger partial charge in [-0.1, -0.05) is 0 Å². The van der Waals surface area contributed by atoms with Gasteiger partial charge in [-0.25, -0.2) is 14.4 Å². The van der Waals surface area contributed by atoms with Crippen LogP contribution in [-0.4, -0.2) is 73.4 Å². The van der Waals surface area contributed by atoms with Crippen LogP contribution < -0.4 is 4.90 Å². The molecule has 3 heterocycles. The second kappa shape index (κ2) is 7.61. The molecule has 25 heavy (non-hydrogen) atoms. The van der Waals surface area contributed by atoms with E-state index in [0.29, 0.717) is 18.5 Å². The summed E-state index contributed by atoms with van der Waals surface area (Å²) in [6, 6.07) is 0. The van der Waals surface area contributed by atoms with Gasteiger partial charge >= 0.3 is 0 Å². The minimum Gasteiger partial charge on any atom is -0.372 e. The summed E-state index contributed by atoms with van der Waals surface area (Å²) >= 11 is 0. The summed E-state index contributed by atoms with van der Waals surface area (Å²) in [5.41, 5.74) is -0.153. The average molecular weight is 352 g/mol. The zero-order valence-corrected chi connectivity index (χ0v) is 14.8. The third-order valence-electron chi connectivity index (χ3n) is 4.84.